The Morgan fingerprint density at radius 2 is 2.25 bits per heavy atom. The molecule has 88 valence electrons. The first-order chi connectivity index (χ1) is 7.71. The number of thioether (sulfide) groups is 1. The van der Waals surface area contributed by atoms with Crippen LogP contribution in [0.3, 0.4) is 0 Å². The molecule has 1 unspecified atom stereocenters. The van der Waals surface area contributed by atoms with E-state index >= 15 is 0 Å². The minimum absolute atomic E-state index is 0.0226. The Morgan fingerprint density at radius 3 is 2.81 bits per heavy atom. The number of nitrogens with zero attached hydrogens (tertiary/aromatic N) is 1. The number of carbonyl (C=O) groups excluding carboxylic acids is 2. The highest BCUT2D eigenvalue weighted by Crippen LogP contribution is 2.35. The van der Waals surface area contributed by atoms with Crippen molar-refractivity contribution in [3.8, 4) is 0 Å². The van der Waals surface area contributed by atoms with E-state index in [1.165, 1.54) is 24.2 Å². The second-order valence-corrected chi connectivity index (χ2v) is 6.13. The van der Waals surface area contributed by atoms with E-state index in [1.807, 2.05) is 0 Å². The quantitative estimate of drug-likeness (QED) is 0.738. The summed E-state index contributed by atoms with van der Waals surface area (Å²) in [5.74, 6) is 2.30. The van der Waals surface area contributed by atoms with Gasteiger partial charge in [-0.2, -0.15) is 11.8 Å². The number of hydrogen-bond donors (Lipinski definition) is 1. The monoisotopic (exact) mass is 240 g/mol. The maximum absolute atomic E-state index is 12.2. The molecule has 1 N–H and O–H groups in total. The molecular formula is C11H16N2O2S. The van der Waals surface area contributed by atoms with Crippen LogP contribution in [0.5, 0.6) is 0 Å². The lowest BCUT2D eigenvalue weighted by molar-refractivity contribution is -0.131. The molecule has 0 aromatic rings. The van der Waals surface area contributed by atoms with Crippen LogP contribution in [0.2, 0.25) is 0 Å². The van der Waals surface area contributed by atoms with Crippen LogP contribution in [-0.2, 0) is 4.79 Å². The molecule has 2 heterocycles. The smallest absolute Gasteiger partial charge is 0.322 e. The summed E-state index contributed by atoms with van der Waals surface area (Å²) in [4.78, 5) is 25.5. The fourth-order valence-corrected chi connectivity index (χ4v) is 3.93. The normalized spacial score (nSPS) is 34.6. The van der Waals surface area contributed by atoms with Crippen LogP contribution in [0.15, 0.2) is 0 Å². The van der Waals surface area contributed by atoms with Crippen LogP contribution in [-0.4, -0.2) is 40.4 Å². The second-order valence-electron chi connectivity index (χ2n) is 5.03. The number of rotatable bonds is 2. The van der Waals surface area contributed by atoms with E-state index in [0.29, 0.717) is 12.5 Å². The molecule has 1 atom stereocenters. The van der Waals surface area contributed by atoms with Crippen molar-refractivity contribution >= 4 is 23.7 Å². The lowest BCUT2D eigenvalue weighted by Gasteiger charge is -2.29. The molecule has 3 fully saturated rings. The van der Waals surface area contributed by atoms with Crippen molar-refractivity contribution in [2.24, 2.45) is 5.92 Å². The summed E-state index contributed by atoms with van der Waals surface area (Å²) in [6.07, 6.45) is 4.37. The molecule has 0 aromatic heterocycles. The first-order valence-electron chi connectivity index (χ1n) is 5.93. The standard InChI is InChI=1S/C11H16N2O2S/c14-9-11(4-5-16-7-11)12-10(15)13(9)6-8-2-1-3-8/h8H,1-7H2,(H,12,15). The molecule has 3 aliphatic rings. The van der Waals surface area contributed by atoms with Gasteiger partial charge >= 0.3 is 6.03 Å². The van der Waals surface area contributed by atoms with Crippen LogP contribution < -0.4 is 5.32 Å². The molecule has 2 saturated heterocycles. The molecule has 1 saturated carbocycles. The van der Waals surface area contributed by atoms with Crippen molar-refractivity contribution in [3.63, 3.8) is 0 Å². The molecule has 5 heteroatoms. The predicted molar refractivity (Wildman–Crippen MR) is 62.3 cm³/mol. The van der Waals surface area contributed by atoms with Crippen LogP contribution in [0.1, 0.15) is 25.7 Å². The molecule has 0 aromatic carbocycles. The largest absolute Gasteiger partial charge is 0.325 e. The Bertz CT molecular complexity index is 335. The molecule has 1 spiro atoms. The Morgan fingerprint density at radius 1 is 1.44 bits per heavy atom. The molecule has 0 radical (unpaired) electrons. The van der Waals surface area contributed by atoms with Gasteiger partial charge in [0.1, 0.15) is 5.54 Å². The van der Waals surface area contributed by atoms with Gasteiger partial charge in [-0.1, -0.05) is 6.42 Å². The molecule has 16 heavy (non-hydrogen) atoms. The highest BCUT2D eigenvalue weighted by Gasteiger charge is 2.53. The predicted octanol–water partition coefficient (Wildman–Crippen LogP) is 1.21. The van der Waals surface area contributed by atoms with Crippen molar-refractivity contribution in [1.82, 2.24) is 10.2 Å². The van der Waals surface area contributed by atoms with Gasteiger partial charge < -0.3 is 5.32 Å². The van der Waals surface area contributed by atoms with E-state index < -0.39 is 5.54 Å². The molecule has 0 bridgehead atoms. The molecule has 1 aliphatic carbocycles. The van der Waals surface area contributed by atoms with Crippen molar-refractivity contribution in [1.29, 1.82) is 0 Å². The number of carbonyl (C=O) groups is 2. The lowest BCUT2D eigenvalue weighted by atomic mass is 9.85. The summed E-state index contributed by atoms with van der Waals surface area (Å²) < 4.78 is 0. The highest BCUT2D eigenvalue weighted by atomic mass is 32.2. The molecule has 4 nitrogen and oxygen atoms in total. The van der Waals surface area contributed by atoms with E-state index in [-0.39, 0.29) is 11.9 Å². The van der Waals surface area contributed by atoms with E-state index in [2.05, 4.69) is 5.32 Å². The summed E-state index contributed by atoms with van der Waals surface area (Å²) in [5.41, 5.74) is -0.550. The number of hydrogen-bond acceptors (Lipinski definition) is 3. The van der Waals surface area contributed by atoms with Gasteiger partial charge in [-0.05, 0) is 30.9 Å². The van der Waals surface area contributed by atoms with Crippen LogP contribution in [0.25, 0.3) is 0 Å². The summed E-state index contributed by atoms with van der Waals surface area (Å²) in [5, 5.41) is 2.90. The number of nitrogens with one attached hydrogen (secondary N) is 1. The van der Waals surface area contributed by atoms with Crippen molar-refractivity contribution in [2.75, 3.05) is 18.1 Å². The Hall–Kier alpha value is -0.710. The first-order valence-corrected chi connectivity index (χ1v) is 7.09. The zero-order chi connectivity index (χ0) is 11.2. The minimum atomic E-state index is -0.550. The Labute approximate surface area is 99.1 Å². The number of imide groups is 1. The van der Waals surface area contributed by atoms with Gasteiger partial charge in [0.15, 0.2) is 0 Å². The SMILES string of the molecule is O=C1NC2(CCSC2)C(=O)N1CC1CCC1. The van der Waals surface area contributed by atoms with Crippen molar-refractivity contribution in [2.45, 2.75) is 31.2 Å². The van der Waals surface area contributed by atoms with Gasteiger partial charge in [0, 0.05) is 12.3 Å². The molecule has 2 aliphatic heterocycles. The van der Waals surface area contributed by atoms with Gasteiger partial charge in [0.2, 0.25) is 0 Å². The fourth-order valence-electron chi connectivity index (χ4n) is 2.61. The van der Waals surface area contributed by atoms with Gasteiger partial charge in [-0.15, -0.1) is 0 Å². The van der Waals surface area contributed by atoms with E-state index in [0.717, 1.165) is 17.9 Å². The third-order valence-electron chi connectivity index (χ3n) is 3.93. The fraction of sp³-hybridized carbons (Fsp3) is 0.818. The maximum atomic E-state index is 12.2. The van der Waals surface area contributed by atoms with E-state index in [9.17, 15) is 9.59 Å². The van der Waals surface area contributed by atoms with E-state index in [1.54, 1.807) is 11.8 Å². The van der Waals surface area contributed by atoms with Gasteiger partial charge in [0.05, 0.1) is 0 Å². The topological polar surface area (TPSA) is 49.4 Å². The van der Waals surface area contributed by atoms with Gasteiger partial charge in [0.25, 0.3) is 5.91 Å². The maximum Gasteiger partial charge on any atom is 0.325 e. The van der Waals surface area contributed by atoms with Gasteiger partial charge in [-0.3, -0.25) is 9.69 Å². The minimum Gasteiger partial charge on any atom is -0.322 e. The van der Waals surface area contributed by atoms with Gasteiger partial charge in [-0.25, -0.2) is 4.79 Å². The average molecular weight is 240 g/mol. The second kappa shape index (κ2) is 3.65. The van der Waals surface area contributed by atoms with E-state index in [4.69, 9.17) is 0 Å². The van der Waals surface area contributed by atoms with Crippen LogP contribution in [0, 0.1) is 5.92 Å². The Kier molecular flexibility index (Phi) is 2.38. The number of amides is 3. The van der Waals surface area contributed by atoms with Crippen molar-refractivity contribution < 1.29 is 9.59 Å². The Balaban J connectivity index is 1.74. The molecular weight excluding hydrogens is 224 g/mol. The summed E-state index contributed by atoms with van der Waals surface area (Å²) in [6, 6.07) is -0.167. The number of urea groups is 1. The molecule has 3 amide bonds. The first kappa shape index (κ1) is 10.4. The molecule has 3 rings (SSSR count). The zero-order valence-electron chi connectivity index (χ0n) is 9.20. The van der Waals surface area contributed by atoms with Crippen molar-refractivity contribution in [3.05, 3.63) is 0 Å². The summed E-state index contributed by atoms with van der Waals surface area (Å²) >= 11 is 1.75. The van der Waals surface area contributed by atoms with Crippen LogP contribution in [0.4, 0.5) is 4.79 Å². The average Bonchev–Trinajstić information content (AvgIpc) is 2.72. The zero-order valence-corrected chi connectivity index (χ0v) is 10.0. The third-order valence-corrected chi connectivity index (χ3v) is 5.12. The summed E-state index contributed by atoms with van der Waals surface area (Å²) in [6.45, 7) is 0.636. The third kappa shape index (κ3) is 1.44. The highest BCUT2D eigenvalue weighted by molar-refractivity contribution is 7.99. The van der Waals surface area contributed by atoms with Crippen LogP contribution >= 0.6 is 11.8 Å². The summed E-state index contributed by atoms with van der Waals surface area (Å²) in [7, 11) is 0. The lowest BCUT2D eigenvalue weighted by Crippen LogP contribution is -2.47.